The van der Waals surface area contributed by atoms with Crippen LogP contribution in [0, 0.1) is 0 Å². The molecule has 0 bridgehead atoms. The minimum absolute atomic E-state index is 0.0398. The van der Waals surface area contributed by atoms with E-state index in [1.165, 1.54) is 12.1 Å². The highest BCUT2D eigenvalue weighted by Crippen LogP contribution is 2.34. The highest BCUT2D eigenvalue weighted by Gasteiger charge is 2.18. The number of hydrogen-bond donors (Lipinski definition) is 3. The van der Waals surface area contributed by atoms with Gasteiger partial charge in [-0.2, -0.15) is 0 Å². The monoisotopic (exact) mass is 439 g/mol. The van der Waals surface area contributed by atoms with Gasteiger partial charge in [0.15, 0.2) is 11.5 Å². The van der Waals surface area contributed by atoms with Crippen molar-refractivity contribution in [2.24, 2.45) is 0 Å². The Hall–Kier alpha value is -3.72. The standard InChI is InChI=1S/C22H21N3O5S/c1-15(16-10-11-20-21(12-16)30-14-29-20)23-22(26)24-18-8-5-9-19(13-18)31(27,28)25-17-6-3-2-4-7-17/h2-13,15,25H,14H2,1H3,(H2,23,24,26)/t15-/m0/s1. The smallest absolute Gasteiger partial charge is 0.319 e. The number of amides is 2. The van der Waals surface area contributed by atoms with Gasteiger partial charge in [0.05, 0.1) is 10.9 Å². The summed E-state index contributed by atoms with van der Waals surface area (Å²) in [5.41, 5.74) is 1.66. The minimum atomic E-state index is -3.79. The molecule has 3 N–H and O–H groups in total. The molecule has 0 spiro atoms. The molecule has 2 amide bonds. The van der Waals surface area contributed by atoms with Gasteiger partial charge in [0.2, 0.25) is 6.79 Å². The molecule has 9 heteroatoms. The molecule has 0 radical (unpaired) electrons. The molecular formula is C22H21N3O5S. The van der Waals surface area contributed by atoms with Gasteiger partial charge in [-0.1, -0.05) is 30.3 Å². The maximum atomic E-state index is 12.6. The Balaban J connectivity index is 1.42. The first-order valence-corrected chi connectivity index (χ1v) is 11.0. The molecule has 0 unspecified atom stereocenters. The van der Waals surface area contributed by atoms with E-state index in [-0.39, 0.29) is 17.7 Å². The Morgan fingerprint density at radius 3 is 2.45 bits per heavy atom. The van der Waals surface area contributed by atoms with Crippen molar-refractivity contribution in [3.05, 3.63) is 78.4 Å². The van der Waals surface area contributed by atoms with Crippen LogP contribution in [0.4, 0.5) is 16.2 Å². The molecule has 8 nitrogen and oxygen atoms in total. The first kappa shape index (κ1) is 20.5. The highest BCUT2D eigenvalue weighted by atomic mass is 32.2. The second-order valence-electron chi connectivity index (χ2n) is 6.93. The van der Waals surface area contributed by atoms with Crippen LogP contribution in [-0.4, -0.2) is 21.2 Å². The third-order valence-electron chi connectivity index (χ3n) is 4.67. The Labute approximate surface area is 180 Å². The van der Waals surface area contributed by atoms with Crippen LogP contribution < -0.4 is 24.8 Å². The van der Waals surface area contributed by atoms with Crippen molar-refractivity contribution in [3.8, 4) is 11.5 Å². The number of para-hydroxylation sites is 1. The van der Waals surface area contributed by atoms with Crippen LogP contribution in [0.5, 0.6) is 11.5 Å². The van der Waals surface area contributed by atoms with E-state index < -0.39 is 16.1 Å². The van der Waals surface area contributed by atoms with Crippen LogP contribution >= 0.6 is 0 Å². The van der Waals surface area contributed by atoms with Crippen molar-refractivity contribution < 1.29 is 22.7 Å². The molecule has 0 saturated heterocycles. The summed E-state index contributed by atoms with van der Waals surface area (Å²) >= 11 is 0. The molecule has 0 fully saturated rings. The summed E-state index contributed by atoms with van der Waals surface area (Å²) in [7, 11) is -3.79. The summed E-state index contributed by atoms with van der Waals surface area (Å²) in [5.74, 6) is 1.30. The number of urea groups is 1. The van der Waals surface area contributed by atoms with Gasteiger partial charge in [0.25, 0.3) is 10.0 Å². The molecule has 1 aliphatic heterocycles. The second kappa shape index (κ2) is 8.57. The van der Waals surface area contributed by atoms with Crippen LogP contribution in [0.3, 0.4) is 0 Å². The largest absolute Gasteiger partial charge is 0.454 e. The molecular weight excluding hydrogens is 418 g/mol. The first-order valence-electron chi connectivity index (χ1n) is 9.56. The number of sulfonamides is 1. The van der Waals surface area contributed by atoms with Crippen molar-refractivity contribution in [1.29, 1.82) is 0 Å². The number of carbonyl (C=O) groups excluding carboxylic acids is 1. The van der Waals surface area contributed by atoms with Crippen LogP contribution in [0.25, 0.3) is 0 Å². The molecule has 31 heavy (non-hydrogen) atoms. The first-order chi connectivity index (χ1) is 14.9. The maximum absolute atomic E-state index is 12.6. The van der Waals surface area contributed by atoms with E-state index in [9.17, 15) is 13.2 Å². The Morgan fingerprint density at radius 1 is 0.903 bits per heavy atom. The van der Waals surface area contributed by atoms with Gasteiger partial charge in [0.1, 0.15) is 0 Å². The zero-order chi connectivity index (χ0) is 21.8. The third-order valence-corrected chi connectivity index (χ3v) is 6.05. The maximum Gasteiger partial charge on any atom is 0.319 e. The van der Waals surface area contributed by atoms with Crippen LogP contribution in [0.1, 0.15) is 18.5 Å². The van der Waals surface area contributed by atoms with Gasteiger partial charge in [-0.15, -0.1) is 0 Å². The topological polar surface area (TPSA) is 106 Å². The number of rotatable bonds is 6. The third kappa shape index (κ3) is 4.89. The van der Waals surface area contributed by atoms with Crippen LogP contribution in [0.2, 0.25) is 0 Å². The van der Waals surface area contributed by atoms with E-state index in [1.807, 2.05) is 19.1 Å². The van der Waals surface area contributed by atoms with E-state index in [0.29, 0.717) is 22.9 Å². The van der Waals surface area contributed by atoms with Crippen molar-refractivity contribution in [2.45, 2.75) is 17.9 Å². The molecule has 1 heterocycles. The summed E-state index contributed by atoms with van der Waals surface area (Å²) in [6.07, 6.45) is 0. The molecule has 1 aliphatic rings. The van der Waals surface area contributed by atoms with Gasteiger partial charge in [0, 0.05) is 11.4 Å². The fourth-order valence-corrected chi connectivity index (χ4v) is 4.19. The van der Waals surface area contributed by atoms with Crippen molar-refractivity contribution >= 4 is 27.4 Å². The summed E-state index contributed by atoms with van der Waals surface area (Å²) < 4.78 is 38.4. The fraction of sp³-hybridized carbons (Fsp3) is 0.136. The average molecular weight is 439 g/mol. The van der Waals surface area contributed by atoms with E-state index in [4.69, 9.17) is 9.47 Å². The number of carbonyl (C=O) groups is 1. The zero-order valence-corrected chi connectivity index (χ0v) is 17.5. The van der Waals surface area contributed by atoms with Crippen LogP contribution in [0.15, 0.2) is 77.7 Å². The average Bonchev–Trinajstić information content (AvgIpc) is 3.22. The van der Waals surface area contributed by atoms with Gasteiger partial charge >= 0.3 is 6.03 Å². The van der Waals surface area contributed by atoms with Crippen molar-refractivity contribution in [2.75, 3.05) is 16.8 Å². The molecule has 3 aromatic carbocycles. The number of anilines is 2. The lowest BCUT2D eigenvalue weighted by Gasteiger charge is -2.16. The lowest BCUT2D eigenvalue weighted by molar-refractivity contribution is 0.174. The molecule has 0 aliphatic carbocycles. The lowest BCUT2D eigenvalue weighted by atomic mass is 10.1. The second-order valence-corrected chi connectivity index (χ2v) is 8.61. The lowest BCUT2D eigenvalue weighted by Crippen LogP contribution is -2.31. The summed E-state index contributed by atoms with van der Waals surface area (Å²) in [6.45, 7) is 2.02. The number of nitrogens with one attached hydrogen (secondary N) is 3. The Kier molecular flexibility index (Phi) is 5.68. The normalized spacial score (nSPS) is 13.3. The quantitative estimate of drug-likeness (QED) is 0.536. The minimum Gasteiger partial charge on any atom is -0.454 e. The molecule has 0 aromatic heterocycles. The zero-order valence-electron chi connectivity index (χ0n) is 16.7. The Bertz CT molecular complexity index is 1200. The van der Waals surface area contributed by atoms with Gasteiger partial charge in [-0.25, -0.2) is 13.2 Å². The molecule has 0 saturated carbocycles. The number of benzene rings is 3. The molecule has 1 atom stereocenters. The van der Waals surface area contributed by atoms with Crippen molar-refractivity contribution in [1.82, 2.24) is 5.32 Å². The number of fused-ring (bicyclic) bond motifs is 1. The molecule has 160 valence electrons. The number of hydrogen-bond acceptors (Lipinski definition) is 5. The van der Waals surface area contributed by atoms with E-state index in [0.717, 1.165) is 5.56 Å². The molecule has 4 rings (SSSR count). The van der Waals surface area contributed by atoms with E-state index >= 15 is 0 Å². The number of ether oxygens (including phenoxy) is 2. The SMILES string of the molecule is C[C@H](NC(=O)Nc1cccc(S(=O)(=O)Nc2ccccc2)c1)c1ccc2c(c1)OCO2. The summed E-state index contributed by atoms with van der Waals surface area (Å²) in [6, 6.07) is 19.3. The summed E-state index contributed by atoms with van der Waals surface area (Å²) in [4.78, 5) is 12.5. The van der Waals surface area contributed by atoms with Gasteiger partial charge in [-0.05, 0) is 55.0 Å². The summed E-state index contributed by atoms with van der Waals surface area (Å²) in [5, 5.41) is 5.50. The molecule has 3 aromatic rings. The Morgan fingerprint density at radius 2 is 1.65 bits per heavy atom. The van der Waals surface area contributed by atoms with Crippen molar-refractivity contribution in [3.63, 3.8) is 0 Å². The highest BCUT2D eigenvalue weighted by molar-refractivity contribution is 7.92. The van der Waals surface area contributed by atoms with E-state index in [1.54, 1.807) is 48.5 Å². The van der Waals surface area contributed by atoms with Crippen LogP contribution in [-0.2, 0) is 10.0 Å². The van der Waals surface area contributed by atoms with Gasteiger partial charge in [-0.3, -0.25) is 4.72 Å². The van der Waals surface area contributed by atoms with E-state index in [2.05, 4.69) is 15.4 Å². The van der Waals surface area contributed by atoms with Gasteiger partial charge < -0.3 is 20.1 Å². The predicted molar refractivity (Wildman–Crippen MR) is 117 cm³/mol. The fourth-order valence-electron chi connectivity index (χ4n) is 3.09. The predicted octanol–water partition coefficient (Wildman–Crippen LogP) is 4.10.